The molecular formula is C20H20Cl2F3N3O4S. The number of oxime groups is 1. The van der Waals surface area contributed by atoms with E-state index in [0.717, 1.165) is 23.5 Å². The lowest BCUT2D eigenvalue weighted by molar-refractivity contribution is -0.275. The molecule has 1 aromatic carbocycles. The van der Waals surface area contributed by atoms with Crippen molar-refractivity contribution in [2.45, 2.75) is 32.0 Å². The number of carbonyl (C=O) groups is 2. The maximum atomic E-state index is 13.9. The van der Waals surface area contributed by atoms with Gasteiger partial charge >= 0.3 is 18.2 Å². The predicted octanol–water partition coefficient (Wildman–Crippen LogP) is 5.58. The highest BCUT2D eigenvalue weighted by molar-refractivity contribution is 7.16. The first-order valence-electron chi connectivity index (χ1n) is 9.42. The Kier molecular flexibility index (Phi) is 8.61. The number of aromatic carboxylic acids is 1. The Morgan fingerprint density at radius 2 is 1.85 bits per heavy atom. The van der Waals surface area contributed by atoms with Crippen LogP contribution in [0.25, 0.3) is 0 Å². The number of amides is 2. The first kappa shape index (κ1) is 26.7. The first-order valence-corrected chi connectivity index (χ1v) is 11.0. The van der Waals surface area contributed by atoms with Crippen molar-refractivity contribution >= 4 is 52.3 Å². The van der Waals surface area contributed by atoms with Gasteiger partial charge in [-0.1, -0.05) is 28.4 Å². The van der Waals surface area contributed by atoms with Gasteiger partial charge in [0, 0.05) is 29.2 Å². The van der Waals surface area contributed by atoms with E-state index >= 15 is 0 Å². The Hall–Kier alpha value is -2.50. The molecule has 1 unspecified atom stereocenters. The van der Waals surface area contributed by atoms with Crippen molar-refractivity contribution in [1.82, 2.24) is 10.6 Å². The first-order chi connectivity index (χ1) is 15.3. The van der Waals surface area contributed by atoms with Crippen LogP contribution in [0.3, 0.4) is 0 Å². The van der Waals surface area contributed by atoms with Gasteiger partial charge in [0.2, 0.25) is 0 Å². The molecule has 0 saturated carbocycles. The fourth-order valence-corrected chi connectivity index (χ4v) is 4.42. The Morgan fingerprint density at radius 1 is 1.24 bits per heavy atom. The summed E-state index contributed by atoms with van der Waals surface area (Å²) in [6.45, 7) is 4.11. The molecule has 1 aliphatic heterocycles. The fourth-order valence-electron chi connectivity index (χ4n) is 2.91. The van der Waals surface area contributed by atoms with E-state index in [4.69, 9.17) is 33.1 Å². The second kappa shape index (κ2) is 10.6. The van der Waals surface area contributed by atoms with Gasteiger partial charge in [0.05, 0.1) is 11.3 Å². The van der Waals surface area contributed by atoms with Gasteiger partial charge in [-0.3, -0.25) is 0 Å². The van der Waals surface area contributed by atoms with Gasteiger partial charge in [0.1, 0.15) is 10.6 Å². The summed E-state index contributed by atoms with van der Waals surface area (Å²) in [5.74, 6) is -1.15. The zero-order valence-electron chi connectivity index (χ0n) is 17.6. The number of nitrogens with zero attached hydrogens (tertiary/aromatic N) is 1. The van der Waals surface area contributed by atoms with E-state index in [1.54, 1.807) is 14.0 Å². The van der Waals surface area contributed by atoms with Crippen molar-refractivity contribution in [3.05, 3.63) is 55.2 Å². The minimum atomic E-state index is -4.80. The van der Waals surface area contributed by atoms with E-state index < -0.39 is 24.2 Å². The van der Waals surface area contributed by atoms with Crippen LogP contribution in [-0.4, -0.2) is 42.6 Å². The van der Waals surface area contributed by atoms with E-state index in [2.05, 4.69) is 15.8 Å². The Bertz CT molecular complexity index is 1060. The highest BCUT2D eigenvalue weighted by atomic mass is 35.5. The van der Waals surface area contributed by atoms with Crippen molar-refractivity contribution < 1.29 is 32.7 Å². The second-order valence-corrected chi connectivity index (χ2v) is 8.75. The molecule has 2 amide bonds. The van der Waals surface area contributed by atoms with Crippen LogP contribution in [-0.2, 0) is 10.4 Å². The third kappa shape index (κ3) is 6.10. The molecule has 0 spiro atoms. The van der Waals surface area contributed by atoms with Crippen LogP contribution >= 0.6 is 34.5 Å². The molecule has 3 rings (SSSR count). The average Bonchev–Trinajstić information content (AvgIpc) is 3.32. The smallest absolute Gasteiger partial charge is 0.435 e. The minimum Gasteiger partial charge on any atom is -0.477 e. The number of nitrogens with one attached hydrogen (secondary N) is 2. The molecule has 1 aliphatic rings. The highest BCUT2D eigenvalue weighted by Gasteiger charge is 2.62. The molecular weight excluding hydrogens is 506 g/mol. The molecule has 33 heavy (non-hydrogen) atoms. The summed E-state index contributed by atoms with van der Waals surface area (Å²) in [5.41, 5.74) is -2.56. The lowest BCUT2D eigenvalue weighted by Crippen LogP contribution is -2.42. The van der Waals surface area contributed by atoms with E-state index in [0.29, 0.717) is 17.0 Å². The van der Waals surface area contributed by atoms with E-state index in [-0.39, 0.29) is 32.2 Å². The van der Waals surface area contributed by atoms with Crippen molar-refractivity contribution in [3.8, 4) is 0 Å². The Morgan fingerprint density at radius 3 is 2.27 bits per heavy atom. The monoisotopic (exact) mass is 525 g/mol. The summed E-state index contributed by atoms with van der Waals surface area (Å²) in [5, 5.41) is 17.8. The number of benzene rings is 1. The van der Waals surface area contributed by atoms with Crippen LogP contribution < -0.4 is 10.6 Å². The number of aryl methyl sites for hydroxylation is 1. The molecule has 7 nitrogen and oxygen atoms in total. The maximum absolute atomic E-state index is 13.9. The summed E-state index contributed by atoms with van der Waals surface area (Å²) in [4.78, 5) is 26.6. The summed E-state index contributed by atoms with van der Waals surface area (Å²) in [6, 6.07) is 4.93. The number of carbonyl (C=O) groups excluding carboxylic acids is 1. The van der Waals surface area contributed by atoms with Gasteiger partial charge in [-0.15, -0.1) is 11.3 Å². The minimum absolute atomic E-state index is 0.0130. The number of thiophene rings is 1. The van der Waals surface area contributed by atoms with Gasteiger partial charge in [-0.2, -0.15) is 13.2 Å². The summed E-state index contributed by atoms with van der Waals surface area (Å²) in [6.07, 6.45) is -5.42. The Labute approximate surface area is 201 Å². The zero-order chi connectivity index (χ0) is 25.0. The SMILES string of the molecule is CCNC(=O)NC.Cc1cc(C2=NOC(c3cc(Cl)cc(Cl)c3)(C(F)(F)F)C2)sc1C(=O)O. The largest absolute Gasteiger partial charge is 0.477 e. The Balaban J connectivity index is 0.000000479. The maximum Gasteiger partial charge on any atom is 0.435 e. The standard InChI is InChI=1S/C16H10Cl2F3NO3S.C4H10N2O/c1-7-2-12(26-13(7)14(23)24)11-6-15(25-22-11,16(19,20)21)8-3-9(17)5-10(18)4-8;1-3-6-4(7)5-2/h2-5H,6H2,1H3,(H,23,24);3H2,1-2H3,(H2,5,6,7). The van der Waals surface area contributed by atoms with Gasteiger partial charge in [-0.05, 0) is 43.7 Å². The lowest BCUT2D eigenvalue weighted by atomic mass is 9.88. The number of alkyl halides is 3. The summed E-state index contributed by atoms with van der Waals surface area (Å²) >= 11 is 12.5. The molecule has 0 fully saturated rings. The fraction of sp³-hybridized carbons (Fsp3) is 0.350. The number of carboxylic acid groups (broad SMARTS) is 1. The van der Waals surface area contributed by atoms with Gasteiger partial charge in [0.15, 0.2) is 0 Å². The second-order valence-electron chi connectivity index (χ2n) is 6.83. The van der Waals surface area contributed by atoms with Gasteiger partial charge < -0.3 is 20.6 Å². The number of hydrogen-bond donors (Lipinski definition) is 3. The van der Waals surface area contributed by atoms with Crippen molar-refractivity contribution in [2.75, 3.05) is 13.6 Å². The molecule has 0 bridgehead atoms. The number of urea groups is 1. The van der Waals surface area contributed by atoms with Crippen LogP contribution in [0, 0.1) is 6.92 Å². The van der Waals surface area contributed by atoms with Gasteiger partial charge in [0.25, 0.3) is 5.60 Å². The van der Waals surface area contributed by atoms with E-state index in [9.17, 15) is 22.8 Å². The van der Waals surface area contributed by atoms with Crippen molar-refractivity contribution in [1.29, 1.82) is 0 Å². The molecule has 1 atom stereocenters. The third-order valence-electron chi connectivity index (χ3n) is 4.48. The summed E-state index contributed by atoms with van der Waals surface area (Å²) < 4.78 is 41.7. The molecule has 180 valence electrons. The topological polar surface area (TPSA) is 100 Å². The molecule has 0 radical (unpaired) electrons. The average molecular weight is 526 g/mol. The molecule has 1 aromatic heterocycles. The number of carboxylic acids is 1. The predicted molar refractivity (Wildman–Crippen MR) is 121 cm³/mol. The van der Waals surface area contributed by atoms with Crippen LogP contribution in [0.2, 0.25) is 10.0 Å². The third-order valence-corrected chi connectivity index (χ3v) is 6.19. The molecule has 13 heteroatoms. The quantitative estimate of drug-likeness (QED) is 0.485. The number of halogens is 5. The molecule has 2 aromatic rings. The lowest BCUT2D eigenvalue weighted by Gasteiger charge is -2.29. The highest BCUT2D eigenvalue weighted by Crippen LogP contribution is 2.50. The van der Waals surface area contributed by atoms with Crippen LogP contribution in [0.5, 0.6) is 0 Å². The molecule has 0 aliphatic carbocycles. The zero-order valence-corrected chi connectivity index (χ0v) is 20.0. The molecule has 0 saturated heterocycles. The normalized spacial score (nSPS) is 17.4. The van der Waals surface area contributed by atoms with Crippen molar-refractivity contribution in [2.24, 2.45) is 5.16 Å². The van der Waals surface area contributed by atoms with E-state index in [1.807, 2.05) is 6.92 Å². The van der Waals surface area contributed by atoms with E-state index in [1.165, 1.54) is 12.1 Å². The van der Waals surface area contributed by atoms with Gasteiger partial charge in [-0.25, -0.2) is 9.59 Å². The van der Waals surface area contributed by atoms with Crippen LogP contribution in [0.4, 0.5) is 18.0 Å². The summed E-state index contributed by atoms with van der Waals surface area (Å²) in [7, 11) is 1.59. The number of rotatable bonds is 4. The van der Waals surface area contributed by atoms with Crippen LogP contribution in [0.15, 0.2) is 29.4 Å². The molecule has 2 heterocycles. The van der Waals surface area contributed by atoms with Crippen molar-refractivity contribution in [3.63, 3.8) is 0 Å². The number of hydrogen-bond acceptors (Lipinski definition) is 5. The molecule has 3 N–H and O–H groups in total. The van der Waals surface area contributed by atoms with Crippen LogP contribution in [0.1, 0.15) is 39.0 Å².